The van der Waals surface area contributed by atoms with Crippen LogP contribution >= 0.6 is 0 Å². The Balaban J connectivity index is 1.99. The number of hydrogen-bond donors (Lipinski definition) is 2. The number of phenolic OH excluding ortho intramolecular Hbond substituents is 1. The molecule has 2 rings (SSSR count). The van der Waals surface area contributed by atoms with Crippen molar-refractivity contribution in [3.63, 3.8) is 0 Å². The number of aromatic hydroxyl groups is 1. The monoisotopic (exact) mass is 293 g/mol. The fourth-order valence-corrected chi connectivity index (χ4v) is 3.30. The van der Waals surface area contributed by atoms with Crippen molar-refractivity contribution in [1.29, 1.82) is 0 Å². The van der Waals surface area contributed by atoms with E-state index in [1.165, 1.54) is 32.1 Å². The van der Waals surface area contributed by atoms with Crippen LogP contribution in [0.5, 0.6) is 17.2 Å². The van der Waals surface area contributed by atoms with Crippen LogP contribution in [0, 0.1) is 5.41 Å². The number of nitrogens with one attached hydrogen (secondary N) is 1. The van der Waals surface area contributed by atoms with E-state index in [1.54, 1.807) is 14.2 Å². The van der Waals surface area contributed by atoms with E-state index in [0.29, 0.717) is 16.9 Å². The first-order valence-electron chi connectivity index (χ1n) is 7.79. The van der Waals surface area contributed by atoms with Gasteiger partial charge < -0.3 is 19.9 Å². The number of methoxy groups -OCH3 is 2. The van der Waals surface area contributed by atoms with Crippen molar-refractivity contribution in [1.82, 2.24) is 5.32 Å². The molecule has 0 amide bonds. The Morgan fingerprint density at radius 2 is 1.71 bits per heavy atom. The fourth-order valence-electron chi connectivity index (χ4n) is 3.30. The molecule has 1 aromatic rings. The number of rotatable bonds is 7. The van der Waals surface area contributed by atoms with Crippen molar-refractivity contribution >= 4 is 0 Å². The zero-order valence-corrected chi connectivity index (χ0v) is 13.4. The maximum Gasteiger partial charge on any atom is 0.200 e. The molecule has 2 N–H and O–H groups in total. The summed E-state index contributed by atoms with van der Waals surface area (Å²) >= 11 is 0. The Labute approximate surface area is 127 Å². The van der Waals surface area contributed by atoms with E-state index < -0.39 is 0 Å². The van der Waals surface area contributed by atoms with Gasteiger partial charge in [0, 0.05) is 13.1 Å². The minimum absolute atomic E-state index is 0.0598. The normalized spacial score (nSPS) is 16.9. The van der Waals surface area contributed by atoms with E-state index in [1.807, 2.05) is 12.1 Å². The molecule has 0 heterocycles. The zero-order valence-electron chi connectivity index (χ0n) is 13.4. The Morgan fingerprint density at radius 3 is 2.19 bits per heavy atom. The molecule has 118 valence electrons. The van der Waals surface area contributed by atoms with Crippen LogP contribution in [0.25, 0.3) is 0 Å². The van der Waals surface area contributed by atoms with Gasteiger partial charge in [0.2, 0.25) is 5.75 Å². The summed E-state index contributed by atoms with van der Waals surface area (Å²) < 4.78 is 10.4. The Morgan fingerprint density at radius 1 is 1.14 bits per heavy atom. The summed E-state index contributed by atoms with van der Waals surface area (Å²) in [6, 6.07) is 3.72. The Bertz CT molecular complexity index is 442. The molecule has 4 heteroatoms. The van der Waals surface area contributed by atoms with Gasteiger partial charge in [0.15, 0.2) is 11.5 Å². The van der Waals surface area contributed by atoms with Gasteiger partial charge in [-0.15, -0.1) is 0 Å². The third kappa shape index (κ3) is 3.62. The van der Waals surface area contributed by atoms with Gasteiger partial charge in [-0.2, -0.15) is 0 Å². The van der Waals surface area contributed by atoms with Crippen LogP contribution in [0.15, 0.2) is 12.1 Å². The van der Waals surface area contributed by atoms with E-state index in [-0.39, 0.29) is 5.75 Å². The summed E-state index contributed by atoms with van der Waals surface area (Å²) in [7, 11) is 3.10. The van der Waals surface area contributed by atoms with Crippen molar-refractivity contribution in [2.45, 2.75) is 45.6 Å². The first-order valence-corrected chi connectivity index (χ1v) is 7.79. The first kappa shape index (κ1) is 16.0. The van der Waals surface area contributed by atoms with Crippen molar-refractivity contribution < 1.29 is 14.6 Å². The van der Waals surface area contributed by atoms with Gasteiger partial charge >= 0.3 is 0 Å². The molecular formula is C17H27NO3. The Kier molecular flexibility index (Phi) is 5.34. The SMILES string of the molecule is CCC1(CNCc2cc(OC)c(O)c(OC)c2)CCCC1. The highest BCUT2D eigenvalue weighted by atomic mass is 16.5. The minimum atomic E-state index is 0.0598. The smallest absolute Gasteiger partial charge is 0.200 e. The van der Waals surface area contributed by atoms with Crippen molar-refractivity contribution in [2.75, 3.05) is 20.8 Å². The van der Waals surface area contributed by atoms with Gasteiger partial charge in [-0.1, -0.05) is 19.8 Å². The summed E-state index contributed by atoms with van der Waals surface area (Å²) in [4.78, 5) is 0. The van der Waals surface area contributed by atoms with Crippen molar-refractivity contribution in [3.8, 4) is 17.2 Å². The van der Waals surface area contributed by atoms with Crippen LogP contribution in [0.2, 0.25) is 0 Å². The van der Waals surface area contributed by atoms with Crippen LogP contribution in [0.4, 0.5) is 0 Å². The molecule has 0 spiro atoms. The van der Waals surface area contributed by atoms with E-state index >= 15 is 0 Å². The van der Waals surface area contributed by atoms with Crippen LogP contribution in [0.1, 0.15) is 44.6 Å². The lowest BCUT2D eigenvalue weighted by molar-refractivity contribution is 0.268. The van der Waals surface area contributed by atoms with Crippen molar-refractivity contribution in [3.05, 3.63) is 17.7 Å². The maximum absolute atomic E-state index is 9.92. The van der Waals surface area contributed by atoms with Crippen LogP contribution in [0.3, 0.4) is 0 Å². The Hall–Kier alpha value is -1.42. The predicted molar refractivity (Wildman–Crippen MR) is 84.1 cm³/mol. The summed E-state index contributed by atoms with van der Waals surface area (Å²) in [5.74, 6) is 0.971. The van der Waals surface area contributed by atoms with Crippen LogP contribution in [-0.4, -0.2) is 25.9 Å². The molecule has 0 unspecified atom stereocenters. The van der Waals surface area contributed by atoms with Gasteiger partial charge in [0.1, 0.15) is 0 Å². The van der Waals surface area contributed by atoms with Gasteiger partial charge in [-0.3, -0.25) is 0 Å². The number of ether oxygens (including phenoxy) is 2. The summed E-state index contributed by atoms with van der Waals surface area (Å²) in [5, 5.41) is 13.5. The van der Waals surface area contributed by atoms with Crippen molar-refractivity contribution in [2.24, 2.45) is 5.41 Å². The quantitative estimate of drug-likeness (QED) is 0.808. The molecule has 21 heavy (non-hydrogen) atoms. The summed E-state index contributed by atoms with van der Waals surface area (Å²) in [5.41, 5.74) is 1.54. The highest BCUT2D eigenvalue weighted by Crippen LogP contribution is 2.40. The molecule has 1 saturated carbocycles. The predicted octanol–water partition coefficient (Wildman–Crippen LogP) is 3.47. The van der Waals surface area contributed by atoms with Crippen LogP contribution in [-0.2, 0) is 6.54 Å². The third-order valence-electron chi connectivity index (χ3n) is 4.78. The van der Waals surface area contributed by atoms with E-state index in [2.05, 4.69) is 12.2 Å². The molecule has 0 bridgehead atoms. The van der Waals surface area contributed by atoms with Gasteiger partial charge in [0.05, 0.1) is 14.2 Å². The number of phenols is 1. The summed E-state index contributed by atoms with van der Waals surface area (Å²) in [6.07, 6.45) is 6.62. The molecule has 0 radical (unpaired) electrons. The third-order valence-corrected chi connectivity index (χ3v) is 4.78. The molecule has 1 aliphatic rings. The maximum atomic E-state index is 9.92. The summed E-state index contributed by atoms with van der Waals surface area (Å²) in [6.45, 7) is 4.10. The average molecular weight is 293 g/mol. The molecular weight excluding hydrogens is 266 g/mol. The van der Waals surface area contributed by atoms with Gasteiger partial charge in [0.25, 0.3) is 0 Å². The van der Waals surface area contributed by atoms with Crippen LogP contribution < -0.4 is 14.8 Å². The van der Waals surface area contributed by atoms with Gasteiger partial charge in [-0.25, -0.2) is 0 Å². The van der Waals surface area contributed by atoms with E-state index in [4.69, 9.17) is 9.47 Å². The topological polar surface area (TPSA) is 50.7 Å². The fraction of sp³-hybridized carbons (Fsp3) is 0.647. The molecule has 1 fully saturated rings. The second-order valence-electron chi connectivity index (χ2n) is 6.01. The molecule has 0 aromatic heterocycles. The second kappa shape index (κ2) is 7.03. The zero-order chi connectivity index (χ0) is 15.3. The standard InChI is InChI=1S/C17H27NO3/c1-4-17(7-5-6-8-17)12-18-11-13-9-14(20-2)16(19)15(10-13)21-3/h9-10,18-19H,4-8,11-12H2,1-3H3. The lowest BCUT2D eigenvalue weighted by Crippen LogP contribution is -2.31. The molecule has 0 atom stereocenters. The molecule has 0 saturated heterocycles. The molecule has 1 aliphatic carbocycles. The molecule has 4 nitrogen and oxygen atoms in total. The number of hydrogen-bond acceptors (Lipinski definition) is 4. The lowest BCUT2D eigenvalue weighted by atomic mass is 9.83. The van der Waals surface area contributed by atoms with E-state index in [0.717, 1.165) is 18.7 Å². The average Bonchev–Trinajstić information content (AvgIpc) is 2.98. The molecule has 0 aliphatic heterocycles. The molecule has 1 aromatic carbocycles. The highest BCUT2D eigenvalue weighted by molar-refractivity contribution is 5.52. The number of benzene rings is 1. The minimum Gasteiger partial charge on any atom is -0.502 e. The van der Waals surface area contributed by atoms with E-state index in [9.17, 15) is 5.11 Å². The first-order chi connectivity index (χ1) is 10.1. The lowest BCUT2D eigenvalue weighted by Gasteiger charge is -2.28. The largest absolute Gasteiger partial charge is 0.502 e. The second-order valence-corrected chi connectivity index (χ2v) is 6.01. The van der Waals surface area contributed by atoms with Gasteiger partial charge in [-0.05, 0) is 42.4 Å². The highest BCUT2D eigenvalue weighted by Gasteiger charge is 2.31.